The monoisotopic (exact) mass is 325 g/mol. The molecule has 0 bridgehead atoms. The van der Waals surface area contributed by atoms with Crippen LogP contribution in [0.1, 0.15) is 30.1 Å². The molecule has 0 heterocycles. The highest BCUT2D eigenvalue weighted by atomic mass is 35.7. The van der Waals surface area contributed by atoms with Gasteiger partial charge < -0.3 is 5.32 Å². The molecule has 1 aliphatic carbocycles. The summed E-state index contributed by atoms with van der Waals surface area (Å²) in [6.07, 6.45) is 1.66. The van der Waals surface area contributed by atoms with E-state index in [9.17, 15) is 17.6 Å². The van der Waals surface area contributed by atoms with Crippen LogP contribution in [0.5, 0.6) is 0 Å². The standard InChI is InChI=1S/C11H10Cl2FNO3S/c1-11(2-3-11)15-10(16)6-4-9(19(13,17)18)8(14)5-7(6)12/h4-5H,2-3H2,1H3,(H,15,16). The number of hydrogen-bond donors (Lipinski definition) is 1. The molecule has 0 radical (unpaired) electrons. The van der Waals surface area contributed by atoms with E-state index in [1.807, 2.05) is 6.92 Å². The molecule has 104 valence electrons. The Morgan fingerprint density at radius 2 is 2.00 bits per heavy atom. The topological polar surface area (TPSA) is 63.2 Å². The fourth-order valence-electron chi connectivity index (χ4n) is 1.54. The van der Waals surface area contributed by atoms with E-state index < -0.39 is 25.7 Å². The average molecular weight is 326 g/mol. The Hall–Kier alpha value is -0.850. The van der Waals surface area contributed by atoms with E-state index in [-0.39, 0.29) is 16.1 Å². The molecular weight excluding hydrogens is 316 g/mol. The highest BCUT2D eigenvalue weighted by Gasteiger charge is 2.39. The predicted molar refractivity (Wildman–Crippen MR) is 69.6 cm³/mol. The van der Waals surface area contributed by atoms with Crippen LogP contribution in [0.3, 0.4) is 0 Å². The van der Waals surface area contributed by atoms with Gasteiger partial charge in [0.05, 0.1) is 10.6 Å². The molecule has 1 fully saturated rings. The lowest BCUT2D eigenvalue weighted by Gasteiger charge is -2.13. The summed E-state index contributed by atoms with van der Waals surface area (Å²) >= 11 is 5.76. The maximum absolute atomic E-state index is 13.5. The average Bonchev–Trinajstić information content (AvgIpc) is 2.93. The van der Waals surface area contributed by atoms with Gasteiger partial charge in [-0.2, -0.15) is 0 Å². The van der Waals surface area contributed by atoms with Crippen LogP contribution >= 0.6 is 22.3 Å². The first kappa shape index (κ1) is 14.6. The number of halogens is 3. The lowest BCUT2D eigenvalue weighted by molar-refractivity contribution is 0.0935. The normalized spacial score (nSPS) is 17.1. The molecular formula is C11H10Cl2FNO3S. The number of carbonyl (C=O) groups is 1. The second kappa shape index (κ2) is 4.61. The van der Waals surface area contributed by atoms with Gasteiger partial charge in [-0.1, -0.05) is 11.6 Å². The zero-order valence-corrected chi connectivity index (χ0v) is 12.2. The van der Waals surface area contributed by atoms with Crippen LogP contribution in [0.15, 0.2) is 17.0 Å². The lowest BCUT2D eigenvalue weighted by atomic mass is 10.2. The zero-order chi connectivity index (χ0) is 14.4. The summed E-state index contributed by atoms with van der Waals surface area (Å²) in [4.78, 5) is 11.2. The van der Waals surface area contributed by atoms with Gasteiger partial charge in [0, 0.05) is 16.2 Å². The molecule has 1 amide bonds. The van der Waals surface area contributed by atoms with Crippen molar-refractivity contribution < 1.29 is 17.6 Å². The minimum absolute atomic E-state index is 0.115. The van der Waals surface area contributed by atoms with Gasteiger partial charge in [-0.3, -0.25) is 4.79 Å². The number of hydrogen-bond acceptors (Lipinski definition) is 3. The Balaban J connectivity index is 2.43. The molecule has 1 saturated carbocycles. The highest BCUT2D eigenvalue weighted by Crippen LogP contribution is 2.35. The highest BCUT2D eigenvalue weighted by molar-refractivity contribution is 8.13. The molecule has 0 atom stereocenters. The largest absolute Gasteiger partial charge is 0.347 e. The van der Waals surface area contributed by atoms with Crippen molar-refractivity contribution in [2.45, 2.75) is 30.2 Å². The van der Waals surface area contributed by atoms with Gasteiger partial charge in [0.2, 0.25) is 0 Å². The van der Waals surface area contributed by atoms with Gasteiger partial charge in [-0.25, -0.2) is 12.8 Å². The van der Waals surface area contributed by atoms with E-state index in [0.717, 1.165) is 25.0 Å². The number of carbonyl (C=O) groups excluding carboxylic acids is 1. The van der Waals surface area contributed by atoms with Crippen molar-refractivity contribution in [1.29, 1.82) is 0 Å². The van der Waals surface area contributed by atoms with Gasteiger partial charge in [0.1, 0.15) is 10.7 Å². The van der Waals surface area contributed by atoms with E-state index >= 15 is 0 Å². The molecule has 1 aromatic rings. The first-order valence-corrected chi connectivity index (χ1v) is 8.07. The Morgan fingerprint density at radius 3 is 2.47 bits per heavy atom. The lowest BCUT2D eigenvalue weighted by Crippen LogP contribution is -2.34. The summed E-state index contributed by atoms with van der Waals surface area (Å²) in [5.41, 5.74) is -0.412. The van der Waals surface area contributed by atoms with Crippen LogP contribution in [0, 0.1) is 5.82 Å². The van der Waals surface area contributed by atoms with Crippen molar-refractivity contribution in [3.05, 3.63) is 28.5 Å². The molecule has 0 unspecified atom stereocenters. The second-order valence-corrected chi connectivity index (χ2v) is 7.66. The van der Waals surface area contributed by atoms with Gasteiger partial charge in [0.15, 0.2) is 0 Å². The van der Waals surface area contributed by atoms with Gasteiger partial charge in [-0.15, -0.1) is 0 Å². The molecule has 1 aliphatic rings. The molecule has 4 nitrogen and oxygen atoms in total. The van der Waals surface area contributed by atoms with Gasteiger partial charge in [0.25, 0.3) is 15.0 Å². The summed E-state index contributed by atoms with van der Waals surface area (Å²) < 4.78 is 35.8. The third-order valence-corrected chi connectivity index (χ3v) is 4.59. The van der Waals surface area contributed by atoms with Crippen LogP contribution in [0.4, 0.5) is 4.39 Å². The molecule has 1 aromatic carbocycles. The molecule has 0 spiro atoms. The smallest absolute Gasteiger partial charge is 0.264 e. The minimum atomic E-state index is -4.28. The van der Waals surface area contributed by atoms with E-state index in [0.29, 0.717) is 0 Å². The van der Waals surface area contributed by atoms with E-state index in [1.165, 1.54) is 0 Å². The molecule has 2 rings (SSSR count). The second-order valence-electron chi connectivity index (χ2n) is 4.72. The summed E-state index contributed by atoms with van der Waals surface area (Å²) in [6, 6.07) is 1.61. The fourth-order valence-corrected chi connectivity index (χ4v) is 2.69. The first-order valence-electron chi connectivity index (χ1n) is 5.39. The Morgan fingerprint density at radius 1 is 1.42 bits per heavy atom. The molecule has 1 N–H and O–H groups in total. The third kappa shape index (κ3) is 3.19. The Kier molecular flexibility index (Phi) is 3.53. The molecule has 19 heavy (non-hydrogen) atoms. The Bertz CT molecular complexity index is 656. The summed E-state index contributed by atoms with van der Waals surface area (Å²) in [6.45, 7) is 1.85. The van der Waals surface area contributed by atoms with Crippen LogP contribution in [-0.4, -0.2) is 19.9 Å². The van der Waals surface area contributed by atoms with Crippen LogP contribution < -0.4 is 5.32 Å². The van der Waals surface area contributed by atoms with E-state index in [1.54, 1.807) is 0 Å². The zero-order valence-electron chi connectivity index (χ0n) is 9.84. The van der Waals surface area contributed by atoms with Crippen molar-refractivity contribution in [3.63, 3.8) is 0 Å². The number of nitrogens with one attached hydrogen (secondary N) is 1. The maximum atomic E-state index is 13.5. The molecule has 0 aromatic heterocycles. The van der Waals surface area contributed by atoms with Gasteiger partial charge >= 0.3 is 0 Å². The van der Waals surface area contributed by atoms with E-state index in [2.05, 4.69) is 5.32 Å². The van der Waals surface area contributed by atoms with Crippen molar-refractivity contribution in [3.8, 4) is 0 Å². The summed E-state index contributed by atoms with van der Waals surface area (Å²) in [5, 5.41) is 2.54. The van der Waals surface area contributed by atoms with Crippen molar-refractivity contribution in [1.82, 2.24) is 5.32 Å². The fraction of sp³-hybridized carbons (Fsp3) is 0.364. The number of rotatable bonds is 3. The SMILES string of the molecule is CC1(NC(=O)c2cc(S(=O)(=O)Cl)c(F)cc2Cl)CC1. The van der Waals surface area contributed by atoms with Crippen LogP contribution in [0.2, 0.25) is 5.02 Å². The Labute approximate surface area is 119 Å². The minimum Gasteiger partial charge on any atom is -0.347 e. The third-order valence-electron chi connectivity index (χ3n) is 2.94. The van der Waals surface area contributed by atoms with Gasteiger partial charge in [-0.05, 0) is 31.9 Å². The van der Waals surface area contributed by atoms with Crippen LogP contribution in [-0.2, 0) is 9.05 Å². The number of benzene rings is 1. The van der Waals surface area contributed by atoms with Crippen molar-refractivity contribution >= 4 is 37.2 Å². The van der Waals surface area contributed by atoms with Crippen LogP contribution in [0.25, 0.3) is 0 Å². The summed E-state index contributed by atoms with van der Waals surface area (Å²) in [5.74, 6) is -1.64. The molecule has 0 saturated heterocycles. The number of amides is 1. The van der Waals surface area contributed by atoms with E-state index in [4.69, 9.17) is 22.3 Å². The quantitative estimate of drug-likeness (QED) is 0.869. The molecule has 0 aliphatic heterocycles. The predicted octanol–water partition coefficient (Wildman–Crippen LogP) is 2.69. The molecule has 8 heteroatoms. The van der Waals surface area contributed by atoms with Crippen molar-refractivity contribution in [2.75, 3.05) is 0 Å². The maximum Gasteiger partial charge on any atom is 0.264 e. The van der Waals surface area contributed by atoms with Crippen molar-refractivity contribution in [2.24, 2.45) is 0 Å². The first-order chi connectivity index (χ1) is 8.62. The summed E-state index contributed by atoms with van der Waals surface area (Å²) in [7, 11) is 0.820.